The van der Waals surface area contributed by atoms with Gasteiger partial charge in [-0.1, -0.05) is 23.2 Å². The summed E-state index contributed by atoms with van der Waals surface area (Å²) >= 11 is 11.7. The van der Waals surface area contributed by atoms with Gasteiger partial charge in [-0.2, -0.15) is 0 Å². The molecule has 0 aliphatic heterocycles. The van der Waals surface area contributed by atoms with Gasteiger partial charge in [0.2, 0.25) is 0 Å². The van der Waals surface area contributed by atoms with Gasteiger partial charge in [-0.05, 0) is 25.1 Å². The third kappa shape index (κ3) is 2.25. The van der Waals surface area contributed by atoms with E-state index >= 15 is 0 Å². The zero-order chi connectivity index (χ0) is 10.3. The first-order valence-corrected chi connectivity index (χ1v) is 4.79. The number of benzene rings is 1. The van der Waals surface area contributed by atoms with Crippen LogP contribution in [-0.4, -0.2) is 10.1 Å². The number of aromatic hydroxyl groups is 1. The molecule has 0 bridgehead atoms. The molecule has 2 rings (SSSR count). The molecule has 0 spiro atoms. The number of nitrogens with zero attached hydrogens (tertiary/aromatic N) is 1. The minimum Gasteiger partial charge on any atom is -0.504 e. The van der Waals surface area contributed by atoms with Gasteiger partial charge in [0.25, 0.3) is 0 Å². The van der Waals surface area contributed by atoms with Crippen molar-refractivity contribution in [3.8, 4) is 5.75 Å². The van der Waals surface area contributed by atoms with Crippen LogP contribution in [0, 0.1) is 6.92 Å². The molecule has 0 saturated carbocycles. The Morgan fingerprint density at radius 2 is 1.87 bits per heavy atom. The van der Waals surface area contributed by atoms with Crippen LogP contribution in [0.4, 0.5) is 0 Å². The van der Waals surface area contributed by atoms with E-state index in [1.54, 1.807) is 0 Å². The maximum atomic E-state index is 9.65. The molecule has 0 aliphatic carbocycles. The summed E-state index contributed by atoms with van der Waals surface area (Å²) in [5.74, 6) is -0.0187. The number of fused-ring (bicyclic) bond motifs is 1. The number of hydrogen-bond donors (Lipinski definition) is 1. The Morgan fingerprint density at radius 3 is 2.53 bits per heavy atom. The van der Waals surface area contributed by atoms with Gasteiger partial charge in [0.1, 0.15) is 5.52 Å². The zero-order valence-corrected chi connectivity index (χ0v) is 12.6. The third-order valence-corrected chi connectivity index (χ3v) is 2.60. The van der Waals surface area contributed by atoms with Crippen LogP contribution in [0.25, 0.3) is 10.9 Å². The van der Waals surface area contributed by atoms with E-state index in [1.807, 2.05) is 19.1 Å². The van der Waals surface area contributed by atoms with Crippen LogP contribution in [-0.2, 0) is 19.5 Å². The quantitative estimate of drug-likeness (QED) is 0.754. The fourth-order valence-electron chi connectivity index (χ4n) is 1.30. The fraction of sp³-hybridized carbons (Fsp3) is 0.100. The maximum absolute atomic E-state index is 9.65. The molecule has 0 radical (unpaired) electrons. The number of aryl methyl sites for hydroxylation is 1. The molecule has 2 nitrogen and oxygen atoms in total. The van der Waals surface area contributed by atoms with Gasteiger partial charge in [0.15, 0.2) is 5.75 Å². The molecule has 15 heavy (non-hydrogen) atoms. The van der Waals surface area contributed by atoms with E-state index in [4.69, 9.17) is 23.2 Å². The second kappa shape index (κ2) is 4.65. The first-order chi connectivity index (χ1) is 6.59. The number of pyridine rings is 1. The Labute approximate surface area is 110 Å². The summed E-state index contributed by atoms with van der Waals surface area (Å²) in [7, 11) is 0. The molecule has 1 heterocycles. The normalized spacial score (nSPS) is 10.1. The minimum absolute atomic E-state index is 0. The standard InChI is InChI=1S/C10H7Cl2NO.Zn/c1-5-2-3-6-7(11)4-8(12)10(14)9(6)13-5;/h2-4,14H,1H3;. The molecule has 0 saturated heterocycles. The summed E-state index contributed by atoms with van der Waals surface area (Å²) in [6.07, 6.45) is 0. The van der Waals surface area contributed by atoms with Crippen molar-refractivity contribution in [1.82, 2.24) is 4.98 Å². The Bertz CT molecular complexity index is 516. The first kappa shape index (κ1) is 12.7. The predicted octanol–water partition coefficient (Wildman–Crippen LogP) is 3.55. The van der Waals surface area contributed by atoms with Gasteiger partial charge < -0.3 is 5.11 Å². The van der Waals surface area contributed by atoms with Crippen molar-refractivity contribution in [1.29, 1.82) is 0 Å². The molecule has 0 atom stereocenters. The van der Waals surface area contributed by atoms with Gasteiger partial charge in [-0.25, -0.2) is 4.98 Å². The van der Waals surface area contributed by atoms with Crippen molar-refractivity contribution in [3.05, 3.63) is 33.9 Å². The van der Waals surface area contributed by atoms with Crippen molar-refractivity contribution in [2.45, 2.75) is 6.92 Å². The van der Waals surface area contributed by atoms with Crippen molar-refractivity contribution < 1.29 is 24.6 Å². The van der Waals surface area contributed by atoms with Crippen LogP contribution in [0.5, 0.6) is 5.75 Å². The van der Waals surface area contributed by atoms with Crippen molar-refractivity contribution in [3.63, 3.8) is 0 Å². The van der Waals surface area contributed by atoms with Gasteiger partial charge in [-0.15, -0.1) is 0 Å². The zero-order valence-electron chi connectivity index (χ0n) is 8.09. The van der Waals surface area contributed by atoms with Gasteiger partial charge >= 0.3 is 0 Å². The van der Waals surface area contributed by atoms with E-state index in [-0.39, 0.29) is 30.3 Å². The Hall–Kier alpha value is -0.367. The number of phenolic OH excluding ortho intramolecular Hbond substituents is 1. The van der Waals surface area contributed by atoms with Gasteiger partial charge in [0.05, 0.1) is 10.0 Å². The van der Waals surface area contributed by atoms with Crippen LogP contribution < -0.4 is 0 Å². The van der Waals surface area contributed by atoms with Crippen LogP contribution in [0.15, 0.2) is 18.2 Å². The Balaban J connectivity index is 0.00000112. The largest absolute Gasteiger partial charge is 0.504 e. The third-order valence-electron chi connectivity index (χ3n) is 2.00. The molecule has 1 aromatic carbocycles. The fourth-order valence-corrected chi connectivity index (χ4v) is 1.82. The monoisotopic (exact) mass is 291 g/mol. The second-order valence-electron chi connectivity index (χ2n) is 3.04. The summed E-state index contributed by atoms with van der Waals surface area (Å²) in [4.78, 5) is 4.18. The Kier molecular flexibility index (Phi) is 3.94. The summed E-state index contributed by atoms with van der Waals surface area (Å²) in [6, 6.07) is 5.16. The number of halogens is 2. The van der Waals surface area contributed by atoms with E-state index in [9.17, 15) is 5.11 Å². The molecule has 0 amide bonds. The average molecular weight is 293 g/mol. The summed E-state index contributed by atoms with van der Waals surface area (Å²) in [5.41, 5.74) is 1.26. The molecule has 0 fully saturated rings. The number of aromatic nitrogens is 1. The molecule has 5 heteroatoms. The number of phenols is 1. The van der Waals surface area contributed by atoms with Crippen LogP contribution >= 0.6 is 23.2 Å². The van der Waals surface area contributed by atoms with Crippen LogP contribution in [0.2, 0.25) is 10.0 Å². The molecule has 2 aromatic rings. The van der Waals surface area contributed by atoms with Gasteiger partial charge in [0, 0.05) is 30.6 Å². The SMILES string of the molecule is Cc1ccc2c(Cl)cc(Cl)c(O)c2n1.[Zn]. The second-order valence-corrected chi connectivity index (χ2v) is 3.85. The molecule has 1 N–H and O–H groups in total. The summed E-state index contributed by atoms with van der Waals surface area (Å²) in [6.45, 7) is 1.84. The molecule has 74 valence electrons. The van der Waals surface area contributed by atoms with Crippen molar-refractivity contribution >= 4 is 34.1 Å². The van der Waals surface area contributed by atoms with Crippen LogP contribution in [0.3, 0.4) is 0 Å². The summed E-state index contributed by atoms with van der Waals surface area (Å²) in [5, 5.41) is 11.1. The summed E-state index contributed by atoms with van der Waals surface area (Å²) < 4.78 is 0. The molecule has 0 unspecified atom stereocenters. The first-order valence-electron chi connectivity index (χ1n) is 4.04. The van der Waals surface area contributed by atoms with E-state index < -0.39 is 0 Å². The molecule has 0 aliphatic rings. The van der Waals surface area contributed by atoms with E-state index in [0.717, 1.165) is 5.69 Å². The van der Waals surface area contributed by atoms with E-state index in [1.165, 1.54) is 6.07 Å². The smallest absolute Gasteiger partial charge is 0.160 e. The van der Waals surface area contributed by atoms with Gasteiger partial charge in [-0.3, -0.25) is 0 Å². The molecule has 1 aromatic heterocycles. The topological polar surface area (TPSA) is 33.1 Å². The van der Waals surface area contributed by atoms with E-state index in [0.29, 0.717) is 15.9 Å². The van der Waals surface area contributed by atoms with Crippen molar-refractivity contribution in [2.75, 3.05) is 0 Å². The van der Waals surface area contributed by atoms with Crippen molar-refractivity contribution in [2.24, 2.45) is 0 Å². The maximum Gasteiger partial charge on any atom is 0.160 e. The van der Waals surface area contributed by atoms with E-state index in [2.05, 4.69) is 4.98 Å². The molecular formula is C10H7Cl2NOZn. The molecular weight excluding hydrogens is 286 g/mol. The van der Waals surface area contributed by atoms with Crippen LogP contribution in [0.1, 0.15) is 5.69 Å². The Morgan fingerprint density at radius 1 is 1.20 bits per heavy atom. The average Bonchev–Trinajstić information content (AvgIpc) is 2.14. The minimum atomic E-state index is -0.0187. The number of hydrogen-bond acceptors (Lipinski definition) is 2. The predicted molar refractivity (Wildman–Crippen MR) is 58.2 cm³/mol. The number of rotatable bonds is 0.